The van der Waals surface area contributed by atoms with Crippen LogP contribution in [0, 0.1) is 11.6 Å². The van der Waals surface area contributed by atoms with Gasteiger partial charge in [0.1, 0.15) is 0 Å². The Bertz CT molecular complexity index is 553. The summed E-state index contributed by atoms with van der Waals surface area (Å²) in [5.41, 5.74) is 8.33. The molecule has 2 aromatic rings. The lowest BCUT2D eigenvalue weighted by Gasteiger charge is -2.19. The number of anilines is 1. The van der Waals surface area contributed by atoms with Crippen LogP contribution < -0.4 is 10.6 Å². The number of rotatable bonds is 4. The van der Waals surface area contributed by atoms with E-state index in [-0.39, 0.29) is 0 Å². The first kappa shape index (κ1) is 13.5. The zero-order valence-electron chi connectivity index (χ0n) is 10.7. The Kier molecular flexibility index (Phi) is 4.12. The smallest absolute Gasteiger partial charge is 0.159 e. The van der Waals surface area contributed by atoms with Crippen LogP contribution >= 0.6 is 0 Å². The molecule has 0 aromatic heterocycles. The Labute approximate surface area is 111 Å². The molecule has 2 aromatic carbocycles. The molecule has 0 heterocycles. The number of nitrogens with two attached hydrogens (primary N) is 1. The normalized spacial score (nSPS) is 10.5. The predicted molar refractivity (Wildman–Crippen MR) is 72.8 cm³/mol. The molecule has 2 N–H and O–H groups in total. The van der Waals surface area contributed by atoms with E-state index in [4.69, 9.17) is 5.73 Å². The lowest BCUT2D eigenvalue weighted by molar-refractivity contribution is 0.507. The first-order valence-corrected chi connectivity index (χ1v) is 6.04. The van der Waals surface area contributed by atoms with Gasteiger partial charge in [0.05, 0.1) is 0 Å². The monoisotopic (exact) mass is 262 g/mol. The van der Waals surface area contributed by atoms with E-state index in [1.165, 1.54) is 6.07 Å². The van der Waals surface area contributed by atoms with E-state index in [1.54, 1.807) is 6.07 Å². The minimum absolute atomic E-state index is 0.507. The second kappa shape index (κ2) is 5.80. The second-order valence-corrected chi connectivity index (χ2v) is 4.48. The number of benzene rings is 2. The summed E-state index contributed by atoms with van der Waals surface area (Å²) in [6.07, 6.45) is 0. The number of nitrogens with zero attached hydrogens (tertiary/aromatic N) is 1. The summed E-state index contributed by atoms with van der Waals surface area (Å²) >= 11 is 0. The second-order valence-electron chi connectivity index (χ2n) is 4.48. The van der Waals surface area contributed by atoms with Crippen LogP contribution in [0.5, 0.6) is 0 Å². The van der Waals surface area contributed by atoms with Crippen molar-refractivity contribution in [2.75, 3.05) is 11.9 Å². The van der Waals surface area contributed by atoms with Crippen LogP contribution in [-0.4, -0.2) is 7.05 Å². The summed E-state index contributed by atoms with van der Waals surface area (Å²) in [6, 6.07) is 11.8. The van der Waals surface area contributed by atoms with Gasteiger partial charge in [-0.2, -0.15) is 0 Å². The van der Waals surface area contributed by atoms with Crippen molar-refractivity contribution in [1.29, 1.82) is 0 Å². The lowest BCUT2D eigenvalue weighted by atomic mass is 10.1. The van der Waals surface area contributed by atoms with E-state index in [0.29, 0.717) is 13.1 Å². The molecule has 100 valence electrons. The largest absolute Gasteiger partial charge is 0.370 e. The van der Waals surface area contributed by atoms with Crippen molar-refractivity contribution in [2.45, 2.75) is 13.1 Å². The topological polar surface area (TPSA) is 29.3 Å². The molecule has 0 aliphatic carbocycles. The summed E-state index contributed by atoms with van der Waals surface area (Å²) in [5, 5.41) is 0. The zero-order valence-corrected chi connectivity index (χ0v) is 10.7. The highest BCUT2D eigenvalue weighted by molar-refractivity contribution is 5.47. The Balaban J connectivity index is 2.10. The summed E-state index contributed by atoms with van der Waals surface area (Å²) < 4.78 is 26.0. The van der Waals surface area contributed by atoms with Crippen LogP contribution in [0.1, 0.15) is 11.1 Å². The molecule has 0 amide bonds. The third kappa shape index (κ3) is 3.29. The summed E-state index contributed by atoms with van der Waals surface area (Å²) in [6.45, 7) is 1.02. The fourth-order valence-electron chi connectivity index (χ4n) is 1.89. The van der Waals surface area contributed by atoms with Crippen molar-refractivity contribution in [3.8, 4) is 0 Å². The SMILES string of the molecule is CN(Cc1ccc(F)c(F)c1)c1ccc(CN)cc1. The molecule has 19 heavy (non-hydrogen) atoms. The van der Waals surface area contributed by atoms with Crippen LogP contribution in [-0.2, 0) is 13.1 Å². The number of hydrogen-bond donors (Lipinski definition) is 1. The average Bonchev–Trinajstić information content (AvgIpc) is 2.43. The number of halogens is 2. The standard InChI is InChI=1S/C15H16F2N2/c1-19(13-5-2-11(9-18)3-6-13)10-12-4-7-14(16)15(17)8-12/h2-8H,9-10,18H2,1H3. The van der Waals surface area contributed by atoms with E-state index >= 15 is 0 Å². The van der Waals surface area contributed by atoms with Crippen molar-refractivity contribution < 1.29 is 8.78 Å². The summed E-state index contributed by atoms with van der Waals surface area (Å²) in [4.78, 5) is 1.97. The maximum atomic E-state index is 13.1. The Morgan fingerprint density at radius 2 is 1.58 bits per heavy atom. The van der Waals surface area contributed by atoms with E-state index < -0.39 is 11.6 Å². The highest BCUT2D eigenvalue weighted by Gasteiger charge is 2.06. The molecule has 0 aliphatic heterocycles. The highest BCUT2D eigenvalue weighted by Crippen LogP contribution is 2.17. The Morgan fingerprint density at radius 3 is 2.16 bits per heavy atom. The quantitative estimate of drug-likeness (QED) is 0.917. The van der Waals surface area contributed by atoms with Gasteiger partial charge >= 0.3 is 0 Å². The fourth-order valence-corrected chi connectivity index (χ4v) is 1.89. The summed E-state index contributed by atoms with van der Waals surface area (Å²) in [7, 11) is 1.90. The Hall–Kier alpha value is -1.94. The number of hydrogen-bond acceptors (Lipinski definition) is 2. The molecule has 2 rings (SSSR count). The van der Waals surface area contributed by atoms with Gasteiger partial charge in [-0.05, 0) is 35.4 Å². The Morgan fingerprint density at radius 1 is 0.947 bits per heavy atom. The zero-order chi connectivity index (χ0) is 13.8. The molecular weight excluding hydrogens is 246 g/mol. The maximum Gasteiger partial charge on any atom is 0.159 e. The fraction of sp³-hybridized carbons (Fsp3) is 0.200. The predicted octanol–water partition coefficient (Wildman–Crippen LogP) is 3.06. The van der Waals surface area contributed by atoms with Crippen molar-refractivity contribution in [1.82, 2.24) is 0 Å². The molecule has 0 saturated carbocycles. The van der Waals surface area contributed by atoms with Gasteiger partial charge in [0.15, 0.2) is 11.6 Å². The highest BCUT2D eigenvalue weighted by atomic mass is 19.2. The van der Waals surface area contributed by atoms with E-state index in [2.05, 4.69) is 0 Å². The molecule has 0 bridgehead atoms. The van der Waals surface area contributed by atoms with Gasteiger partial charge in [-0.15, -0.1) is 0 Å². The van der Waals surface area contributed by atoms with Crippen LogP contribution in [0.2, 0.25) is 0 Å². The first-order valence-electron chi connectivity index (χ1n) is 6.04. The maximum absolute atomic E-state index is 13.1. The minimum atomic E-state index is -0.821. The minimum Gasteiger partial charge on any atom is -0.370 e. The van der Waals surface area contributed by atoms with Crippen LogP contribution in [0.25, 0.3) is 0 Å². The lowest BCUT2D eigenvalue weighted by Crippen LogP contribution is -2.16. The van der Waals surface area contributed by atoms with Gasteiger partial charge in [0.25, 0.3) is 0 Å². The van der Waals surface area contributed by atoms with Gasteiger partial charge in [-0.1, -0.05) is 18.2 Å². The first-order chi connectivity index (χ1) is 9.10. The van der Waals surface area contributed by atoms with Crippen molar-refractivity contribution >= 4 is 5.69 Å². The molecule has 4 heteroatoms. The summed E-state index contributed by atoms with van der Waals surface area (Å²) in [5.74, 6) is -1.64. The molecule has 0 fully saturated rings. The molecule has 0 spiro atoms. The third-order valence-corrected chi connectivity index (χ3v) is 3.02. The van der Waals surface area contributed by atoms with Crippen molar-refractivity contribution in [2.24, 2.45) is 5.73 Å². The van der Waals surface area contributed by atoms with Crippen molar-refractivity contribution in [3.63, 3.8) is 0 Å². The van der Waals surface area contributed by atoms with Gasteiger partial charge in [-0.3, -0.25) is 0 Å². The third-order valence-electron chi connectivity index (χ3n) is 3.02. The average molecular weight is 262 g/mol. The molecule has 0 aliphatic rings. The van der Waals surface area contributed by atoms with Gasteiger partial charge in [-0.25, -0.2) is 8.78 Å². The van der Waals surface area contributed by atoms with Crippen LogP contribution in [0.15, 0.2) is 42.5 Å². The van der Waals surface area contributed by atoms with Crippen LogP contribution in [0.4, 0.5) is 14.5 Å². The van der Waals surface area contributed by atoms with Crippen molar-refractivity contribution in [3.05, 3.63) is 65.2 Å². The van der Waals surface area contributed by atoms with Crippen LogP contribution in [0.3, 0.4) is 0 Å². The van der Waals surface area contributed by atoms with Gasteiger partial charge in [0, 0.05) is 25.8 Å². The van der Waals surface area contributed by atoms with E-state index in [1.807, 2.05) is 36.2 Å². The molecule has 0 radical (unpaired) electrons. The molecule has 0 atom stereocenters. The molecule has 0 unspecified atom stereocenters. The van der Waals surface area contributed by atoms with Gasteiger partial charge < -0.3 is 10.6 Å². The van der Waals surface area contributed by atoms with E-state index in [9.17, 15) is 8.78 Å². The van der Waals surface area contributed by atoms with Gasteiger partial charge in [0.2, 0.25) is 0 Å². The molecule has 0 saturated heterocycles. The molecule has 2 nitrogen and oxygen atoms in total. The molecular formula is C15H16F2N2. The van der Waals surface area contributed by atoms with E-state index in [0.717, 1.165) is 22.9 Å².